The van der Waals surface area contributed by atoms with Crippen LogP contribution >= 0.6 is 11.5 Å². The highest BCUT2D eigenvalue weighted by atomic mass is 32.1. The molecule has 2 aromatic heterocycles. The molecule has 1 aliphatic carbocycles. The molecular formula is C25H34N8S. The third kappa shape index (κ3) is 4.16. The standard InChI is InChI=1S/C25H34N8S/c1-16-10-22(34-30-16)28-24-27-12-19(17-4-5-17)23(29-24)33-14-21(20(33)6-7-26)31-8-9-32-15-25(2,3)11-18(32)13-31/h10,12,17-18,20-21H,4-6,8-9,11,13-15H2,1-3H3,(H,27,28,29)/t18-,20-,21+/m0/s1. The van der Waals surface area contributed by atoms with Crippen LogP contribution < -0.4 is 10.2 Å². The Morgan fingerprint density at radius 1 is 1.24 bits per heavy atom. The van der Waals surface area contributed by atoms with E-state index >= 15 is 0 Å². The maximum Gasteiger partial charge on any atom is 0.229 e. The van der Waals surface area contributed by atoms with Gasteiger partial charge in [0.2, 0.25) is 5.95 Å². The van der Waals surface area contributed by atoms with Crippen LogP contribution in [0.15, 0.2) is 12.3 Å². The molecule has 1 saturated carbocycles. The summed E-state index contributed by atoms with van der Waals surface area (Å²) < 4.78 is 4.35. The van der Waals surface area contributed by atoms with Gasteiger partial charge >= 0.3 is 0 Å². The first-order valence-electron chi connectivity index (χ1n) is 12.6. The van der Waals surface area contributed by atoms with E-state index in [1.165, 1.54) is 42.9 Å². The number of nitrogens with zero attached hydrogens (tertiary/aromatic N) is 7. The normalized spacial score (nSPS) is 28.9. The molecule has 5 heterocycles. The summed E-state index contributed by atoms with van der Waals surface area (Å²) in [5, 5.41) is 14.0. The van der Waals surface area contributed by atoms with Crippen LogP contribution in [0.1, 0.15) is 56.7 Å². The van der Waals surface area contributed by atoms with E-state index in [4.69, 9.17) is 4.98 Å². The van der Waals surface area contributed by atoms with Crippen molar-refractivity contribution < 1.29 is 0 Å². The summed E-state index contributed by atoms with van der Waals surface area (Å²) in [7, 11) is 0. The Kier molecular flexibility index (Phi) is 5.51. The Morgan fingerprint density at radius 3 is 2.79 bits per heavy atom. The molecule has 0 radical (unpaired) electrons. The Bertz CT molecular complexity index is 1100. The highest BCUT2D eigenvalue weighted by molar-refractivity contribution is 7.10. The van der Waals surface area contributed by atoms with Gasteiger partial charge in [-0.25, -0.2) is 4.98 Å². The van der Waals surface area contributed by atoms with Crippen LogP contribution in [0.2, 0.25) is 0 Å². The number of nitriles is 1. The summed E-state index contributed by atoms with van der Waals surface area (Å²) in [4.78, 5) is 17.3. The van der Waals surface area contributed by atoms with Crippen LogP contribution in [0.5, 0.6) is 0 Å². The number of fused-ring (bicyclic) bond motifs is 1. The summed E-state index contributed by atoms with van der Waals surface area (Å²) in [6, 6.07) is 5.76. The predicted molar refractivity (Wildman–Crippen MR) is 135 cm³/mol. The maximum atomic E-state index is 9.69. The van der Waals surface area contributed by atoms with Gasteiger partial charge in [-0.1, -0.05) is 13.8 Å². The minimum Gasteiger partial charge on any atom is -0.349 e. The molecule has 0 unspecified atom stereocenters. The van der Waals surface area contributed by atoms with Crippen LogP contribution in [-0.2, 0) is 0 Å². The fraction of sp³-hybridized carbons (Fsp3) is 0.680. The lowest BCUT2D eigenvalue weighted by Gasteiger charge is -2.55. The fourth-order valence-electron chi connectivity index (χ4n) is 6.23. The lowest BCUT2D eigenvalue weighted by molar-refractivity contribution is 0.0414. The van der Waals surface area contributed by atoms with E-state index in [0.29, 0.717) is 35.8 Å². The van der Waals surface area contributed by atoms with Crippen molar-refractivity contribution in [3.05, 3.63) is 23.5 Å². The third-order valence-corrected chi connectivity index (χ3v) is 8.80. The summed E-state index contributed by atoms with van der Waals surface area (Å²) in [6.07, 6.45) is 6.22. The Morgan fingerprint density at radius 2 is 2.06 bits per heavy atom. The van der Waals surface area contributed by atoms with Gasteiger partial charge in [0.25, 0.3) is 0 Å². The molecule has 0 spiro atoms. The van der Waals surface area contributed by atoms with E-state index in [1.54, 1.807) is 0 Å². The van der Waals surface area contributed by atoms with Crippen LogP contribution in [0, 0.1) is 23.7 Å². The number of rotatable bonds is 6. The van der Waals surface area contributed by atoms with Crippen LogP contribution in [-0.4, -0.2) is 75.0 Å². The second-order valence-electron chi connectivity index (χ2n) is 11.3. The van der Waals surface area contributed by atoms with Crippen molar-refractivity contribution in [3.8, 4) is 6.07 Å². The van der Waals surface area contributed by atoms with Gasteiger partial charge in [-0.15, -0.1) is 0 Å². The minimum atomic E-state index is 0.192. The number of aryl methyl sites for hydroxylation is 1. The largest absolute Gasteiger partial charge is 0.349 e. The van der Waals surface area contributed by atoms with Gasteiger partial charge in [-0.2, -0.15) is 14.6 Å². The van der Waals surface area contributed by atoms with E-state index in [-0.39, 0.29) is 6.04 Å². The molecule has 0 aromatic carbocycles. The molecule has 3 aliphatic heterocycles. The number of anilines is 3. The van der Waals surface area contributed by atoms with Crippen LogP contribution in [0.25, 0.3) is 0 Å². The third-order valence-electron chi connectivity index (χ3n) is 8.00. The molecule has 3 saturated heterocycles. The van der Waals surface area contributed by atoms with Crippen molar-refractivity contribution in [2.45, 2.75) is 70.5 Å². The van der Waals surface area contributed by atoms with Gasteiger partial charge in [0.15, 0.2) is 0 Å². The lowest BCUT2D eigenvalue weighted by Crippen LogP contribution is -2.70. The van der Waals surface area contributed by atoms with E-state index in [1.807, 2.05) is 19.2 Å². The van der Waals surface area contributed by atoms with E-state index < -0.39 is 0 Å². The molecule has 0 amide bonds. The Hall–Kier alpha value is -2.28. The molecule has 4 fully saturated rings. The zero-order chi connectivity index (χ0) is 23.4. The Labute approximate surface area is 206 Å². The number of hydrogen-bond acceptors (Lipinski definition) is 9. The number of piperazine rings is 1. The average Bonchev–Trinajstić information content (AvgIpc) is 3.46. The molecule has 9 heteroatoms. The van der Waals surface area contributed by atoms with Crippen molar-refractivity contribution in [1.29, 1.82) is 5.26 Å². The van der Waals surface area contributed by atoms with Crippen molar-refractivity contribution in [2.75, 3.05) is 42.9 Å². The van der Waals surface area contributed by atoms with Crippen LogP contribution in [0.4, 0.5) is 16.8 Å². The first-order valence-corrected chi connectivity index (χ1v) is 13.4. The van der Waals surface area contributed by atoms with Crippen LogP contribution in [0.3, 0.4) is 0 Å². The van der Waals surface area contributed by atoms with Gasteiger partial charge in [0.1, 0.15) is 10.8 Å². The molecule has 1 N–H and O–H groups in total. The predicted octanol–water partition coefficient (Wildman–Crippen LogP) is 3.75. The highest BCUT2D eigenvalue weighted by Crippen LogP contribution is 2.46. The number of aromatic nitrogens is 3. The Balaban J connectivity index is 1.22. The molecule has 4 aliphatic rings. The summed E-state index contributed by atoms with van der Waals surface area (Å²) >= 11 is 1.43. The zero-order valence-electron chi connectivity index (χ0n) is 20.4. The minimum absolute atomic E-state index is 0.192. The molecule has 34 heavy (non-hydrogen) atoms. The van der Waals surface area contributed by atoms with E-state index in [0.717, 1.165) is 42.7 Å². The maximum absolute atomic E-state index is 9.69. The smallest absolute Gasteiger partial charge is 0.229 e. The SMILES string of the molecule is Cc1cc(Nc2ncc(C3CC3)c(N3C[C@@H](N4CCN5CC(C)(C)C[C@H]5C4)[C@@H]3CC#N)n2)sn1. The molecule has 8 nitrogen and oxygen atoms in total. The molecule has 6 rings (SSSR count). The monoisotopic (exact) mass is 478 g/mol. The van der Waals surface area contributed by atoms with E-state index in [2.05, 4.69) is 49.3 Å². The molecule has 2 aromatic rings. The second-order valence-corrected chi connectivity index (χ2v) is 12.1. The second kappa shape index (κ2) is 8.43. The number of nitrogens with one attached hydrogen (secondary N) is 1. The summed E-state index contributed by atoms with van der Waals surface area (Å²) in [5.41, 5.74) is 2.65. The van der Waals surface area contributed by atoms with Gasteiger partial charge in [0.05, 0.1) is 24.2 Å². The molecule has 3 atom stereocenters. The topological polar surface area (TPSA) is 84.2 Å². The lowest BCUT2D eigenvalue weighted by atomic mass is 9.88. The van der Waals surface area contributed by atoms with E-state index in [9.17, 15) is 5.26 Å². The van der Waals surface area contributed by atoms with Gasteiger partial charge in [-0.05, 0) is 55.1 Å². The van der Waals surface area contributed by atoms with Crippen molar-refractivity contribution >= 4 is 28.3 Å². The summed E-state index contributed by atoms with van der Waals surface area (Å²) in [6.45, 7) is 12.3. The van der Waals surface area contributed by atoms with Crippen molar-refractivity contribution in [3.63, 3.8) is 0 Å². The molecule has 180 valence electrons. The van der Waals surface area contributed by atoms with Gasteiger partial charge < -0.3 is 10.2 Å². The van der Waals surface area contributed by atoms with Gasteiger partial charge in [-0.3, -0.25) is 9.80 Å². The molecule has 0 bridgehead atoms. The summed E-state index contributed by atoms with van der Waals surface area (Å²) in [5.74, 6) is 2.20. The van der Waals surface area contributed by atoms with Gasteiger partial charge in [0, 0.05) is 56.6 Å². The number of hydrogen-bond donors (Lipinski definition) is 1. The first kappa shape index (κ1) is 22.2. The first-order chi connectivity index (χ1) is 16.4. The fourth-order valence-corrected chi connectivity index (χ4v) is 6.89. The van der Waals surface area contributed by atoms with Crippen molar-refractivity contribution in [1.82, 2.24) is 24.1 Å². The zero-order valence-corrected chi connectivity index (χ0v) is 21.2. The molecular weight excluding hydrogens is 444 g/mol. The highest BCUT2D eigenvalue weighted by Gasteiger charge is 2.48. The van der Waals surface area contributed by atoms with Crippen molar-refractivity contribution in [2.24, 2.45) is 5.41 Å². The quantitative estimate of drug-likeness (QED) is 0.672. The average molecular weight is 479 g/mol.